The van der Waals surface area contributed by atoms with E-state index < -0.39 is 0 Å². The maximum Gasteiger partial charge on any atom is 0.253 e. The predicted molar refractivity (Wildman–Crippen MR) is 80.0 cm³/mol. The van der Waals surface area contributed by atoms with Gasteiger partial charge in [0.05, 0.1) is 24.1 Å². The molecule has 2 N–H and O–H groups in total. The van der Waals surface area contributed by atoms with Crippen LogP contribution in [0.4, 0.5) is 5.69 Å². The van der Waals surface area contributed by atoms with Gasteiger partial charge in [-0.25, -0.2) is 0 Å². The summed E-state index contributed by atoms with van der Waals surface area (Å²) in [5, 5.41) is 6.27. The molecular formula is C16H19N3O2. The van der Waals surface area contributed by atoms with Gasteiger partial charge >= 0.3 is 0 Å². The van der Waals surface area contributed by atoms with Crippen LogP contribution in [0.15, 0.2) is 41.3 Å². The first-order chi connectivity index (χ1) is 10.3. The Hall–Kier alpha value is -2.30. The normalized spacial score (nSPS) is 15.0. The third-order valence-electron chi connectivity index (χ3n) is 3.73. The van der Waals surface area contributed by atoms with E-state index in [4.69, 9.17) is 4.42 Å². The van der Waals surface area contributed by atoms with Crippen molar-refractivity contribution in [1.29, 1.82) is 0 Å². The summed E-state index contributed by atoms with van der Waals surface area (Å²) in [4.78, 5) is 16.3. The Labute approximate surface area is 123 Å². The van der Waals surface area contributed by atoms with Gasteiger partial charge < -0.3 is 15.1 Å². The van der Waals surface area contributed by atoms with Crippen LogP contribution in [0.2, 0.25) is 0 Å². The number of nitrogens with one attached hydrogen (secondary N) is 2. The summed E-state index contributed by atoms with van der Waals surface area (Å²) in [5.74, 6) is 0.588. The van der Waals surface area contributed by atoms with Crippen molar-refractivity contribution < 1.29 is 9.21 Å². The number of hydrogen-bond donors (Lipinski definition) is 2. The van der Waals surface area contributed by atoms with Crippen LogP contribution in [0, 0.1) is 0 Å². The van der Waals surface area contributed by atoms with Crippen molar-refractivity contribution in [3.05, 3.63) is 48.2 Å². The highest BCUT2D eigenvalue weighted by Gasteiger charge is 2.15. The van der Waals surface area contributed by atoms with Crippen LogP contribution < -0.4 is 10.6 Å². The molecular weight excluding hydrogens is 266 g/mol. The van der Waals surface area contributed by atoms with E-state index in [1.807, 2.05) is 12.1 Å². The fourth-order valence-corrected chi connectivity index (χ4v) is 2.63. The minimum absolute atomic E-state index is 0.144. The van der Waals surface area contributed by atoms with E-state index in [1.165, 1.54) is 25.7 Å². The molecule has 0 atom stereocenters. The Balaban J connectivity index is 1.60. The Morgan fingerprint density at radius 3 is 2.95 bits per heavy atom. The van der Waals surface area contributed by atoms with Crippen molar-refractivity contribution in [3.63, 3.8) is 0 Å². The second-order valence-corrected chi connectivity index (χ2v) is 5.35. The number of anilines is 1. The lowest BCUT2D eigenvalue weighted by molar-refractivity contribution is 0.0947. The first-order valence-corrected chi connectivity index (χ1v) is 7.33. The third kappa shape index (κ3) is 3.62. The largest absolute Gasteiger partial charge is 0.467 e. The third-order valence-corrected chi connectivity index (χ3v) is 3.73. The number of hydrogen-bond acceptors (Lipinski definition) is 4. The van der Waals surface area contributed by atoms with Crippen LogP contribution in [-0.4, -0.2) is 16.9 Å². The number of amides is 1. The van der Waals surface area contributed by atoms with E-state index in [9.17, 15) is 4.79 Å². The number of carbonyl (C=O) groups excluding carboxylic acids is 1. The average molecular weight is 285 g/mol. The minimum Gasteiger partial charge on any atom is -0.467 e. The van der Waals surface area contributed by atoms with Gasteiger partial charge in [0.15, 0.2) is 0 Å². The first kappa shape index (κ1) is 13.7. The van der Waals surface area contributed by atoms with Gasteiger partial charge in [-0.05, 0) is 31.0 Å². The van der Waals surface area contributed by atoms with Crippen LogP contribution in [0.3, 0.4) is 0 Å². The lowest BCUT2D eigenvalue weighted by Gasteiger charge is -2.13. The number of rotatable bonds is 5. The lowest BCUT2D eigenvalue weighted by atomic mass is 10.2. The number of pyridine rings is 1. The van der Waals surface area contributed by atoms with Crippen molar-refractivity contribution in [2.24, 2.45) is 0 Å². The maximum atomic E-state index is 12.1. The molecule has 1 amide bonds. The van der Waals surface area contributed by atoms with Crippen LogP contribution in [0.25, 0.3) is 0 Å². The second kappa shape index (κ2) is 6.43. The molecule has 2 aromatic heterocycles. The summed E-state index contributed by atoms with van der Waals surface area (Å²) in [6.07, 6.45) is 9.86. The fraction of sp³-hybridized carbons (Fsp3) is 0.375. The Bertz CT molecular complexity index is 589. The van der Waals surface area contributed by atoms with E-state index in [0.717, 1.165) is 11.4 Å². The molecule has 1 saturated carbocycles. The molecule has 110 valence electrons. The van der Waals surface area contributed by atoms with Crippen molar-refractivity contribution in [1.82, 2.24) is 10.3 Å². The smallest absolute Gasteiger partial charge is 0.253 e. The number of carbonyl (C=O) groups is 1. The van der Waals surface area contributed by atoms with Gasteiger partial charge in [0.25, 0.3) is 5.91 Å². The zero-order valence-corrected chi connectivity index (χ0v) is 11.8. The quantitative estimate of drug-likeness (QED) is 0.886. The molecule has 2 aromatic rings. The summed E-state index contributed by atoms with van der Waals surface area (Å²) in [6.45, 7) is 0.381. The van der Waals surface area contributed by atoms with Crippen molar-refractivity contribution in [3.8, 4) is 0 Å². The first-order valence-electron chi connectivity index (χ1n) is 7.33. The van der Waals surface area contributed by atoms with Gasteiger partial charge in [0, 0.05) is 18.4 Å². The van der Waals surface area contributed by atoms with Gasteiger partial charge in [0.2, 0.25) is 0 Å². The Kier molecular flexibility index (Phi) is 4.19. The summed E-state index contributed by atoms with van der Waals surface area (Å²) < 4.78 is 5.19. The predicted octanol–water partition coefficient (Wildman–Crippen LogP) is 2.96. The molecule has 0 spiro atoms. The highest BCUT2D eigenvalue weighted by atomic mass is 16.3. The molecule has 0 unspecified atom stereocenters. The lowest BCUT2D eigenvalue weighted by Crippen LogP contribution is -2.23. The van der Waals surface area contributed by atoms with Gasteiger partial charge in [-0.3, -0.25) is 9.78 Å². The average Bonchev–Trinajstić information content (AvgIpc) is 3.18. The number of nitrogens with zero attached hydrogens (tertiary/aromatic N) is 1. The molecule has 5 nitrogen and oxygen atoms in total. The molecule has 0 aliphatic heterocycles. The highest BCUT2D eigenvalue weighted by Crippen LogP contribution is 2.22. The molecule has 0 bridgehead atoms. The summed E-state index contributed by atoms with van der Waals surface area (Å²) in [7, 11) is 0. The summed E-state index contributed by atoms with van der Waals surface area (Å²) >= 11 is 0. The SMILES string of the molecule is O=C(NCc1ccco1)c1cncc(NC2CCCC2)c1. The van der Waals surface area contributed by atoms with Gasteiger partial charge in [-0.2, -0.15) is 0 Å². The molecule has 1 aliphatic rings. The number of aromatic nitrogens is 1. The second-order valence-electron chi connectivity index (χ2n) is 5.35. The van der Waals surface area contributed by atoms with Crippen LogP contribution >= 0.6 is 0 Å². The maximum absolute atomic E-state index is 12.1. The fourth-order valence-electron chi connectivity index (χ4n) is 2.63. The molecule has 0 saturated heterocycles. The van der Waals surface area contributed by atoms with Gasteiger partial charge in [-0.15, -0.1) is 0 Å². The van der Waals surface area contributed by atoms with Crippen molar-refractivity contribution >= 4 is 11.6 Å². The molecule has 3 rings (SSSR count). The van der Waals surface area contributed by atoms with E-state index >= 15 is 0 Å². The Morgan fingerprint density at radius 1 is 1.33 bits per heavy atom. The molecule has 5 heteroatoms. The van der Waals surface area contributed by atoms with Gasteiger partial charge in [0.1, 0.15) is 5.76 Å². The molecule has 1 fully saturated rings. The van der Waals surface area contributed by atoms with Crippen LogP contribution in [0.5, 0.6) is 0 Å². The monoisotopic (exact) mass is 285 g/mol. The zero-order chi connectivity index (χ0) is 14.5. The summed E-state index contributed by atoms with van der Waals surface area (Å²) in [5.41, 5.74) is 1.47. The molecule has 1 aliphatic carbocycles. The summed E-state index contributed by atoms with van der Waals surface area (Å²) in [6, 6.07) is 5.99. The van der Waals surface area contributed by atoms with E-state index in [0.29, 0.717) is 18.2 Å². The molecule has 2 heterocycles. The highest BCUT2D eigenvalue weighted by molar-refractivity contribution is 5.94. The topological polar surface area (TPSA) is 67.2 Å². The molecule has 21 heavy (non-hydrogen) atoms. The molecule has 0 radical (unpaired) electrons. The molecule has 0 aromatic carbocycles. The Morgan fingerprint density at radius 2 is 2.19 bits per heavy atom. The van der Waals surface area contributed by atoms with Crippen LogP contribution in [0.1, 0.15) is 41.8 Å². The number of furan rings is 1. The van der Waals surface area contributed by atoms with E-state index in [-0.39, 0.29) is 5.91 Å². The van der Waals surface area contributed by atoms with E-state index in [2.05, 4.69) is 15.6 Å². The standard InChI is InChI=1S/C16H19N3O2/c20-16(18-11-15-6-3-7-21-15)12-8-14(10-17-9-12)19-13-4-1-2-5-13/h3,6-10,13,19H,1-2,4-5,11H2,(H,18,20). The van der Waals surface area contributed by atoms with Crippen molar-refractivity contribution in [2.45, 2.75) is 38.3 Å². The van der Waals surface area contributed by atoms with E-state index in [1.54, 1.807) is 24.7 Å². The van der Waals surface area contributed by atoms with Crippen molar-refractivity contribution in [2.75, 3.05) is 5.32 Å². The zero-order valence-electron chi connectivity index (χ0n) is 11.8. The minimum atomic E-state index is -0.144. The van der Waals surface area contributed by atoms with Crippen LogP contribution in [-0.2, 0) is 6.54 Å². The van der Waals surface area contributed by atoms with Gasteiger partial charge in [-0.1, -0.05) is 12.8 Å².